The minimum Gasteiger partial charge on any atom is -0.324 e. The van der Waals surface area contributed by atoms with E-state index in [0.717, 1.165) is 46.5 Å². The van der Waals surface area contributed by atoms with Crippen LogP contribution in [0.5, 0.6) is 0 Å². The lowest BCUT2D eigenvalue weighted by atomic mass is 10.1. The number of benzene rings is 2. The van der Waals surface area contributed by atoms with Crippen LogP contribution in [0.4, 0.5) is 5.69 Å². The minimum atomic E-state index is -0.0239. The zero-order chi connectivity index (χ0) is 17.1. The lowest BCUT2D eigenvalue weighted by molar-refractivity contribution is -0.116. The fourth-order valence-electron chi connectivity index (χ4n) is 2.92. The van der Waals surface area contributed by atoms with E-state index in [-0.39, 0.29) is 12.5 Å². The first-order valence-corrected chi connectivity index (χ1v) is 8.39. The maximum atomic E-state index is 12.6. The fourth-order valence-corrected chi connectivity index (χ4v) is 2.92. The number of amides is 1. The van der Waals surface area contributed by atoms with Crippen LogP contribution < -0.4 is 5.32 Å². The van der Waals surface area contributed by atoms with Crippen LogP contribution in [-0.4, -0.2) is 15.5 Å². The Labute approximate surface area is 142 Å². The Morgan fingerprint density at radius 1 is 1.17 bits per heavy atom. The summed E-state index contributed by atoms with van der Waals surface area (Å²) in [4.78, 5) is 17.3. The van der Waals surface area contributed by atoms with Crippen molar-refractivity contribution < 1.29 is 4.79 Å². The second-order valence-electron chi connectivity index (χ2n) is 6.22. The highest BCUT2D eigenvalue weighted by molar-refractivity contribution is 5.92. The summed E-state index contributed by atoms with van der Waals surface area (Å²) >= 11 is 0. The number of rotatable bonds is 5. The fraction of sp³-hybridized carbons (Fsp3) is 0.300. The molecule has 4 nitrogen and oxygen atoms in total. The molecule has 124 valence electrons. The van der Waals surface area contributed by atoms with Gasteiger partial charge < -0.3 is 9.88 Å². The van der Waals surface area contributed by atoms with E-state index in [4.69, 9.17) is 0 Å². The van der Waals surface area contributed by atoms with Crippen LogP contribution in [0.3, 0.4) is 0 Å². The van der Waals surface area contributed by atoms with Crippen LogP contribution in [0.2, 0.25) is 0 Å². The first-order chi connectivity index (χ1) is 11.6. The molecule has 1 amide bonds. The summed E-state index contributed by atoms with van der Waals surface area (Å²) in [6.07, 6.45) is 1.87. The molecule has 0 radical (unpaired) electrons. The smallest absolute Gasteiger partial charge is 0.244 e. The summed E-state index contributed by atoms with van der Waals surface area (Å²) in [7, 11) is 0. The third-order valence-corrected chi connectivity index (χ3v) is 4.18. The van der Waals surface area contributed by atoms with Gasteiger partial charge in [-0.25, -0.2) is 4.98 Å². The van der Waals surface area contributed by atoms with Gasteiger partial charge in [0.15, 0.2) is 0 Å². The van der Waals surface area contributed by atoms with Crippen molar-refractivity contribution in [2.24, 2.45) is 0 Å². The quantitative estimate of drug-likeness (QED) is 0.764. The Kier molecular flexibility index (Phi) is 4.65. The Balaban J connectivity index is 1.87. The van der Waals surface area contributed by atoms with Gasteiger partial charge in [-0.1, -0.05) is 31.2 Å². The molecule has 0 atom stereocenters. The normalized spacial score (nSPS) is 11.0. The predicted molar refractivity (Wildman–Crippen MR) is 98.3 cm³/mol. The number of carbonyl (C=O) groups is 1. The van der Waals surface area contributed by atoms with Crippen molar-refractivity contribution in [1.29, 1.82) is 0 Å². The molecule has 24 heavy (non-hydrogen) atoms. The summed E-state index contributed by atoms with van der Waals surface area (Å²) < 4.78 is 2.03. The Bertz CT molecular complexity index is 880. The molecule has 0 aliphatic heterocycles. The average molecular weight is 321 g/mol. The van der Waals surface area contributed by atoms with E-state index in [2.05, 4.69) is 17.2 Å². The lowest BCUT2D eigenvalue weighted by Gasteiger charge is -2.12. The van der Waals surface area contributed by atoms with Crippen molar-refractivity contribution in [3.63, 3.8) is 0 Å². The maximum Gasteiger partial charge on any atom is 0.244 e. The molecule has 2 aromatic carbocycles. The standard InChI is InChI=1S/C20H23N3O/c1-4-7-19-21-16-8-5-6-9-18(16)23(19)13-20(24)22-17-12-14(2)10-11-15(17)3/h5-6,8-12H,4,7,13H2,1-3H3,(H,22,24). The molecular weight excluding hydrogens is 298 g/mol. The summed E-state index contributed by atoms with van der Waals surface area (Å²) in [5, 5.41) is 3.04. The van der Waals surface area contributed by atoms with Crippen LogP contribution in [-0.2, 0) is 17.8 Å². The Morgan fingerprint density at radius 2 is 1.96 bits per heavy atom. The molecule has 0 fully saturated rings. The second-order valence-corrected chi connectivity index (χ2v) is 6.22. The van der Waals surface area contributed by atoms with E-state index in [1.165, 1.54) is 0 Å². The van der Waals surface area contributed by atoms with E-state index in [0.29, 0.717) is 0 Å². The molecule has 1 N–H and O–H groups in total. The summed E-state index contributed by atoms with van der Waals surface area (Å²) in [5.41, 5.74) is 5.04. The highest BCUT2D eigenvalue weighted by atomic mass is 16.1. The van der Waals surface area contributed by atoms with Gasteiger partial charge in [0.25, 0.3) is 0 Å². The van der Waals surface area contributed by atoms with Gasteiger partial charge >= 0.3 is 0 Å². The Morgan fingerprint density at radius 3 is 2.75 bits per heavy atom. The molecule has 0 unspecified atom stereocenters. The minimum absolute atomic E-state index is 0.0239. The number of aromatic nitrogens is 2. The number of fused-ring (bicyclic) bond motifs is 1. The van der Waals surface area contributed by atoms with Gasteiger partial charge in [-0.05, 0) is 49.6 Å². The number of hydrogen-bond acceptors (Lipinski definition) is 2. The molecule has 0 spiro atoms. The van der Waals surface area contributed by atoms with Crippen LogP contribution >= 0.6 is 0 Å². The third-order valence-electron chi connectivity index (χ3n) is 4.18. The monoisotopic (exact) mass is 321 g/mol. The molecule has 1 heterocycles. The van der Waals surface area contributed by atoms with Crippen LogP contribution in [0, 0.1) is 13.8 Å². The van der Waals surface area contributed by atoms with Crippen molar-refractivity contribution in [1.82, 2.24) is 9.55 Å². The largest absolute Gasteiger partial charge is 0.324 e. The van der Waals surface area contributed by atoms with Crippen LogP contribution in [0.25, 0.3) is 11.0 Å². The van der Waals surface area contributed by atoms with Gasteiger partial charge in [0.1, 0.15) is 12.4 Å². The average Bonchev–Trinajstić information content (AvgIpc) is 2.89. The number of nitrogens with zero attached hydrogens (tertiary/aromatic N) is 2. The third kappa shape index (κ3) is 3.32. The van der Waals surface area contributed by atoms with E-state index in [9.17, 15) is 4.79 Å². The van der Waals surface area contributed by atoms with Crippen molar-refractivity contribution in [3.8, 4) is 0 Å². The number of hydrogen-bond donors (Lipinski definition) is 1. The highest BCUT2D eigenvalue weighted by Crippen LogP contribution is 2.19. The van der Waals surface area contributed by atoms with E-state index >= 15 is 0 Å². The van der Waals surface area contributed by atoms with Gasteiger partial charge in [0.05, 0.1) is 11.0 Å². The number of nitrogens with one attached hydrogen (secondary N) is 1. The predicted octanol–water partition coefficient (Wildman–Crippen LogP) is 4.24. The first kappa shape index (κ1) is 16.2. The van der Waals surface area contributed by atoms with Crippen LogP contribution in [0.15, 0.2) is 42.5 Å². The van der Waals surface area contributed by atoms with E-state index < -0.39 is 0 Å². The molecule has 0 saturated carbocycles. The van der Waals surface area contributed by atoms with Gasteiger partial charge in [-0.3, -0.25) is 4.79 Å². The Hall–Kier alpha value is -2.62. The summed E-state index contributed by atoms with van der Waals surface area (Å²) in [5.74, 6) is 0.944. The lowest BCUT2D eigenvalue weighted by Crippen LogP contribution is -2.20. The topological polar surface area (TPSA) is 46.9 Å². The molecule has 0 aliphatic carbocycles. The number of imidazole rings is 1. The van der Waals surface area contributed by atoms with Crippen LogP contribution in [0.1, 0.15) is 30.3 Å². The summed E-state index contributed by atoms with van der Waals surface area (Å²) in [6.45, 7) is 6.44. The highest BCUT2D eigenvalue weighted by Gasteiger charge is 2.13. The zero-order valence-electron chi connectivity index (χ0n) is 14.5. The number of carbonyl (C=O) groups excluding carboxylic acids is 1. The molecule has 1 aromatic heterocycles. The molecule has 3 aromatic rings. The van der Waals surface area contributed by atoms with E-state index in [1.54, 1.807) is 0 Å². The number of aryl methyl sites for hydroxylation is 3. The second kappa shape index (κ2) is 6.87. The van der Waals surface area contributed by atoms with Crippen molar-refractivity contribution >= 4 is 22.6 Å². The molecule has 0 bridgehead atoms. The zero-order valence-corrected chi connectivity index (χ0v) is 14.5. The maximum absolute atomic E-state index is 12.6. The molecule has 0 saturated heterocycles. The molecular formula is C20H23N3O. The SMILES string of the molecule is CCCc1nc2ccccc2n1CC(=O)Nc1cc(C)ccc1C. The van der Waals surface area contributed by atoms with Crippen molar-refractivity contribution in [3.05, 3.63) is 59.4 Å². The van der Waals surface area contributed by atoms with Gasteiger partial charge in [0, 0.05) is 12.1 Å². The van der Waals surface area contributed by atoms with Gasteiger partial charge in [-0.2, -0.15) is 0 Å². The number of anilines is 1. The molecule has 0 aliphatic rings. The molecule has 4 heteroatoms. The van der Waals surface area contributed by atoms with Gasteiger partial charge in [-0.15, -0.1) is 0 Å². The summed E-state index contributed by atoms with van der Waals surface area (Å²) in [6, 6.07) is 14.1. The number of para-hydroxylation sites is 2. The van der Waals surface area contributed by atoms with Crippen molar-refractivity contribution in [2.45, 2.75) is 40.2 Å². The first-order valence-electron chi connectivity index (χ1n) is 8.39. The molecule has 3 rings (SSSR count). The van der Waals surface area contributed by atoms with Gasteiger partial charge in [0.2, 0.25) is 5.91 Å². The van der Waals surface area contributed by atoms with E-state index in [1.807, 2.05) is 60.9 Å². The van der Waals surface area contributed by atoms with Crippen molar-refractivity contribution in [2.75, 3.05) is 5.32 Å².